The van der Waals surface area contributed by atoms with Crippen LogP contribution in [0.15, 0.2) is 48.5 Å². The maximum Gasteiger partial charge on any atom is 0.255 e. The molecule has 0 aliphatic carbocycles. The molecule has 160 valence electrons. The summed E-state index contributed by atoms with van der Waals surface area (Å²) in [4.78, 5) is 26.8. The van der Waals surface area contributed by atoms with Crippen LogP contribution >= 0.6 is 0 Å². The van der Waals surface area contributed by atoms with Crippen molar-refractivity contribution in [2.45, 2.75) is 0 Å². The number of ether oxygens (including phenoxy) is 2. The summed E-state index contributed by atoms with van der Waals surface area (Å²) in [5.41, 5.74) is 1.73. The molecule has 2 aromatic carbocycles. The first-order valence-corrected chi connectivity index (χ1v) is 10.0. The highest BCUT2D eigenvalue weighted by Crippen LogP contribution is 2.23. The highest BCUT2D eigenvalue weighted by molar-refractivity contribution is 6.05. The average molecular weight is 412 g/mol. The number of benzene rings is 2. The number of methoxy groups -OCH3 is 1. The normalized spacial score (nSPS) is 14.2. The fraction of sp³-hybridized carbons (Fsp3) is 0.364. The van der Waals surface area contributed by atoms with E-state index in [1.807, 2.05) is 12.1 Å². The van der Waals surface area contributed by atoms with Crippen molar-refractivity contribution in [3.05, 3.63) is 54.1 Å². The number of rotatable bonds is 9. The van der Waals surface area contributed by atoms with Crippen LogP contribution in [0.3, 0.4) is 0 Å². The molecule has 1 saturated heterocycles. The molecule has 0 atom stereocenters. The van der Waals surface area contributed by atoms with Gasteiger partial charge in [0.15, 0.2) is 0 Å². The summed E-state index contributed by atoms with van der Waals surface area (Å²) in [6, 6.07) is 14.0. The molecule has 0 aromatic heterocycles. The third-order valence-corrected chi connectivity index (χ3v) is 4.78. The van der Waals surface area contributed by atoms with Crippen molar-refractivity contribution in [1.29, 1.82) is 0 Å². The Morgan fingerprint density at radius 1 is 1.03 bits per heavy atom. The van der Waals surface area contributed by atoms with Crippen molar-refractivity contribution >= 4 is 23.2 Å². The van der Waals surface area contributed by atoms with Crippen molar-refractivity contribution in [2.75, 3.05) is 63.7 Å². The largest absolute Gasteiger partial charge is 0.495 e. The minimum absolute atomic E-state index is 0.122. The van der Waals surface area contributed by atoms with E-state index in [2.05, 4.69) is 20.9 Å². The Kier molecular flexibility index (Phi) is 8.20. The lowest BCUT2D eigenvalue weighted by Crippen LogP contribution is -2.41. The summed E-state index contributed by atoms with van der Waals surface area (Å²) in [5, 5.41) is 8.80. The van der Waals surface area contributed by atoms with Crippen molar-refractivity contribution < 1.29 is 19.1 Å². The molecule has 3 rings (SSSR count). The van der Waals surface area contributed by atoms with E-state index in [9.17, 15) is 9.59 Å². The lowest BCUT2D eigenvalue weighted by Gasteiger charge is -2.26. The number of hydrogen-bond donors (Lipinski definition) is 3. The van der Waals surface area contributed by atoms with Crippen LogP contribution in [-0.4, -0.2) is 69.8 Å². The van der Waals surface area contributed by atoms with Crippen LogP contribution in [0.1, 0.15) is 10.4 Å². The SMILES string of the molecule is COc1ccccc1NC(=O)c1ccc(NC(=O)CNCCN2CCOCC2)cc1. The molecule has 8 heteroatoms. The van der Waals surface area contributed by atoms with Crippen LogP contribution in [0.5, 0.6) is 5.75 Å². The third-order valence-electron chi connectivity index (χ3n) is 4.78. The molecule has 3 N–H and O–H groups in total. The number of nitrogens with one attached hydrogen (secondary N) is 3. The van der Waals surface area contributed by atoms with Gasteiger partial charge < -0.3 is 25.4 Å². The molecule has 0 bridgehead atoms. The summed E-state index contributed by atoms with van der Waals surface area (Å²) in [5.74, 6) is 0.223. The second-order valence-electron chi connectivity index (χ2n) is 6.91. The second kappa shape index (κ2) is 11.3. The summed E-state index contributed by atoms with van der Waals surface area (Å²) in [6.07, 6.45) is 0. The molecule has 1 aliphatic heterocycles. The maximum absolute atomic E-state index is 12.4. The summed E-state index contributed by atoms with van der Waals surface area (Å²) < 4.78 is 10.6. The van der Waals surface area contributed by atoms with Gasteiger partial charge in [0.05, 0.1) is 32.6 Å². The summed E-state index contributed by atoms with van der Waals surface area (Å²) in [7, 11) is 1.56. The molecule has 0 unspecified atom stereocenters. The fourth-order valence-electron chi connectivity index (χ4n) is 3.12. The topological polar surface area (TPSA) is 91.9 Å². The zero-order valence-corrected chi connectivity index (χ0v) is 17.1. The van der Waals surface area contributed by atoms with Gasteiger partial charge in [-0.1, -0.05) is 12.1 Å². The molecular weight excluding hydrogens is 384 g/mol. The number of hydrogen-bond acceptors (Lipinski definition) is 6. The Bertz CT molecular complexity index is 835. The third kappa shape index (κ3) is 6.55. The first kappa shape index (κ1) is 21.8. The van der Waals surface area contributed by atoms with Crippen LogP contribution in [0.2, 0.25) is 0 Å². The van der Waals surface area contributed by atoms with E-state index >= 15 is 0 Å². The predicted octanol–water partition coefficient (Wildman–Crippen LogP) is 1.81. The summed E-state index contributed by atoms with van der Waals surface area (Å²) in [6.45, 7) is 5.29. The van der Waals surface area contributed by atoms with Crippen molar-refractivity contribution in [3.8, 4) is 5.75 Å². The van der Waals surface area contributed by atoms with E-state index in [1.165, 1.54) is 0 Å². The predicted molar refractivity (Wildman–Crippen MR) is 116 cm³/mol. The van der Waals surface area contributed by atoms with Gasteiger partial charge in [0.1, 0.15) is 5.75 Å². The molecule has 0 saturated carbocycles. The van der Waals surface area contributed by atoms with E-state index in [1.54, 1.807) is 43.5 Å². The van der Waals surface area contributed by atoms with E-state index in [0.717, 1.165) is 39.4 Å². The van der Waals surface area contributed by atoms with Gasteiger partial charge in [0.2, 0.25) is 5.91 Å². The molecular formula is C22H28N4O4. The molecule has 8 nitrogen and oxygen atoms in total. The van der Waals surface area contributed by atoms with E-state index in [4.69, 9.17) is 9.47 Å². The minimum Gasteiger partial charge on any atom is -0.495 e. The van der Waals surface area contributed by atoms with Crippen LogP contribution in [0.4, 0.5) is 11.4 Å². The number of nitrogens with zero attached hydrogens (tertiary/aromatic N) is 1. The molecule has 1 aliphatic rings. The van der Waals surface area contributed by atoms with Crippen molar-refractivity contribution in [2.24, 2.45) is 0 Å². The second-order valence-corrected chi connectivity index (χ2v) is 6.91. The van der Waals surface area contributed by atoms with Gasteiger partial charge in [0, 0.05) is 37.4 Å². The molecule has 0 radical (unpaired) electrons. The van der Waals surface area contributed by atoms with E-state index < -0.39 is 0 Å². The van der Waals surface area contributed by atoms with Gasteiger partial charge in [-0.15, -0.1) is 0 Å². The molecule has 2 amide bonds. The monoisotopic (exact) mass is 412 g/mol. The Hall–Kier alpha value is -2.94. The number of para-hydroxylation sites is 2. The highest BCUT2D eigenvalue weighted by atomic mass is 16.5. The number of carbonyl (C=O) groups excluding carboxylic acids is 2. The molecule has 0 spiro atoms. The Morgan fingerprint density at radius 2 is 1.77 bits per heavy atom. The molecule has 2 aromatic rings. The average Bonchev–Trinajstić information content (AvgIpc) is 2.78. The Labute approximate surface area is 176 Å². The zero-order valence-electron chi connectivity index (χ0n) is 17.1. The van der Waals surface area contributed by atoms with E-state index in [0.29, 0.717) is 22.7 Å². The number of anilines is 2. The van der Waals surface area contributed by atoms with E-state index in [-0.39, 0.29) is 18.4 Å². The summed E-state index contributed by atoms with van der Waals surface area (Å²) >= 11 is 0. The van der Waals surface area contributed by atoms with Gasteiger partial charge in [-0.2, -0.15) is 0 Å². The van der Waals surface area contributed by atoms with Crippen LogP contribution in [-0.2, 0) is 9.53 Å². The lowest BCUT2D eigenvalue weighted by molar-refractivity contribution is -0.115. The first-order valence-electron chi connectivity index (χ1n) is 10.0. The standard InChI is InChI=1S/C22H28N4O4/c1-29-20-5-3-2-4-19(20)25-22(28)17-6-8-18(9-7-17)24-21(27)16-23-10-11-26-12-14-30-15-13-26/h2-9,23H,10-16H2,1H3,(H,24,27)(H,25,28). The van der Waals surface area contributed by atoms with Crippen LogP contribution in [0, 0.1) is 0 Å². The van der Waals surface area contributed by atoms with Gasteiger partial charge in [-0.25, -0.2) is 0 Å². The maximum atomic E-state index is 12.4. The quantitative estimate of drug-likeness (QED) is 0.544. The minimum atomic E-state index is -0.248. The Morgan fingerprint density at radius 3 is 2.50 bits per heavy atom. The molecule has 1 fully saturated rings. The first-order chi connectivity index (χ1) is 14.7. The number of morpholine rings is 1. The fourth-order valence-corrected chi connectivity index (χ4v) is 3.12. The van der Waals surface area contributed by atoms with Crippen LogP contribution in [0.25, 0.3) is 0 Å². The van der Waals surface area contributed by atoms with Crippen molar-refractivity contribution in [1.82, 2.24) is 10.2 Å². The van der Waals surface area contributed by atoms with Crippen molar-refractivity contribution in [3.63, 3.8) is 0 Å². The van der Waals surface area contributed by atoms with Gasteiger partial charge in [0.25, 0.3) is 5.91 Å². The zero-order chi connectivity index (χ0) is 21.2. The smallest absolute Gasteiger partial charge is 0.255 e. The van der Waals surface area contributed by atoms with Crippen LogP contribution < -0.4 is 20.7 Å². The Balaban J connectivity index is 1.42. The number of carbonyl (C=O) groups is 2. The lowest BCUT2D eigenvalue weighted by atomic mass is 10.2. The van der Waals surface area contributed by atoms with Gasteiger partial charge >= 0.3 is 0 Å². The number of amides is 2. The van der Waals surface area contributed by atoms with Gasteiger partial charge in [-0.05, 0) is 36.4 Å². The highest BCUT2D eigenvalue weighted by Gasteiger charge is 2.11. The molecule has 30 heavy (non-hydrogen) atoms. The molecule has 1 heterocycles. The van der Waals surface area contributed by atoms with Gasteiger partial charge in [-0.3, -0.25) is 14.5 Å².